The Morgan fingerprint density at radius 1 is 1.38 bits per heavy atom. The zero-order valence-electron chi connectivity index (χ0n) is 10.7. The summed E-state index contributed by atoms with van der Waals surface area (Å²) in [5.74, 6) is 0.742. The van der Waals surface area contributed by atoms with Crippen molar-refractivity contribution in [2.45, 2.75) is 39.2 Å². The van der Waals surface area contributed by atoms with Crippen LogP contribution in [0.3, 0.4) is 0 Å². The van der Waals surface area contributed by atoms with E-state index in [4.69, 9.17) is 4.74 Å². The molecule has 0 bridgehead atoms. The maximum absolute atomic E-state index is 5.38. The number of piperidine rings is 1. The Labute approximate surface area is 99.3 Å². The van der Waals surface area contributed by atoms with Gasteiger partial charge in [0.05, 0.1) is 6.61 Å². The summed E-state index contributed by atoms with van der Waals surface area (Å²) in [7, 11) is 0. The summed E-state index contributed by atoms with van der Waals surface area (Å²) in [4.78, 5) is 0. The zero-order valence-corrected chi connectivity index (χ0v) is 10.7. The van der Waals surface area contributed by atoms with Crippen LogP contribution in [-0.2, 0) is 4.74 Å². The van der Waals surface area contributed by atoms with Gasteiger partial charge in [0.2, 0.25) is 0 Å². The molecule has 2 saturated heterocycles. The summed E-state index contributed by atoms with van der Waals surface area (Å²) in [6.45, 7) is 10.1. The molecule has 0 aromatic rings. The summed E-state index contributed by atoms with van der Waals surface area (Å²) in [5, 5.41) is 7.25. The molecule has 94 valence electrons. The second kappa shape index (κ2) is 5.48. The van der Waals surface area contributed by atoms with E-state index >= 15 is 0 Å². The van der Waals surface area contributed by atoms with E-state index in [0.717, 1.165) is 32.2 Å². The molecule has 2 N–H and O–H groups in total. The van der Waals surface area contributed by atoms with E-state index in [0.29, 0.717) is 11.5 Å². The van der Waals surface area contributed by atoms with E-state index in [2.05, 4.69) is 24.5 Å². The third-order valence-electron chi connectivity index (χ3n) is 4.14. The summed E-state index contributed by atoms with van der Waals surface area (Å²) in [6.07, 6.45) is 3.90. The molecule has 2 atom stereocenters. The maximum Gasteiger partial charge on any atom is 0.0507 e. The predicted octanol–water partition coefficient (Wildman–Crippen LogP) is 1.39. The number of hydrogen-bond donors (Lipinski definition) is 2. The molecule has 0 aromatic heterocycles. The molecule has 2 fully saturated rings. The van der Waals surface area contributed by atoms with Crippen molar-refractivity contribution in [2.24, 2.45) is 11.3 Å². The van der Waals surface area contributed by atoms with Gasteiger partial charge in [0, 0.05) is 25.7 Å². The standard InChI is InChI=1S/C13H26N2O/c1-13(2)5-3-6-15-12(13)9-14-8-11-4-7-16-10-11/h11-12,14-15H,3-10H2,1-2H3. The molecule has 2 heterocycles. The molecule has 2 rings (SSSR count). The first-order valence-corrected chi connectivity index (χ1v) is 6.70. The summed E-state index contributed by atoms with van der Waals surface area (Å²) in [6, 6.07) is 0.628. The highest BCUT2D eigenvalue weighted by Gasteiger charge is 2.31. The third-order valence-corrected chi connectivity index (χ3v) is 4.14. The topological polar surface area (TPSA) is 33.3 Å². The van der Waals surface area contributed by atoms with Crippen molar-refractivity contribution in [3.8, 4) is 0 Å². The molecular formula is C13H26N2O. The van der Waals surface area contributed by atoms with Crippen molar-refractivity contribution >= 4 is 0 Å². The summed E-state index contributed by atoms with van der Waals surface area (Å²) in [5.41, 5.74) is 0.442. The third kappa shape index (κ3) is 3.19. The zero-order chi connectivity index (χ0) is 11.4. The quantitative estimate of drug-likeness (QED) is 0.760. The second-order valence-electron chi connectivity index (χ2n) is 5.99. The van der Waals surface area contributed by atoms with Gasteiger partial charge in [-0.05, 0) is 37.1 Å². The van der Waals surface area contributed by atoms with Gasteiger partial charge in [0.25, 0.3) is 0 Å². The van der Waals surface area contributed by atoms with Crippen LogP contribution in [0, 0.1) is 11.3 Å². The first-order chi connectivity index (χ1) is 7.68. The van der Waals surface area contributed by atoms with Crippen LogP contribution in [0.4, 0.5) is 0 Å². The van der Waals surface area contributed by atoms with Crippen LogP contribution in [0.15, 0.2) is 0 Å². The van der Waals surface area contributed by atoms with Crippen LogP contribution in [0.25, 0.3) is 0 Å². The molecule has 0 radical (unpaired) electrons. The summed E-state index contributed by atoms with van der Waals surface area (Å²) >= 11 is 0. The van der Waals surface area contributed by atoms with Gasteiger partial charge in [0.15, 0.2) is 0 Å². The number of rotatable bonds is 4. The molecule has 2 aliphatic rings. The predicted molar refractivity (Wildman–Crippen MR) is 66.6 cm³/mol. The van der Waals surface area contributed by atoms with Crippen LogP contribution in [0.1, 0.15) is 33.1 Å². The molecule has 0 saturated carbocycles. The Hall–Kier alpha value is -0.120. The van der Waals surface area contributed by atoms with E-state index in [1.807, 2.05) is 0 Å². The van der Waals surface area contributed by atoms with Gasteiger partial charge in [0.1, 0.15) is 0 Å². The normalized spacial score (nSPS) is 34.1. The van der Waals surface area contributed by atoms with Crippen molar-refractivity contribution in [1.29, 1.82) is 0 Å². The number of hydrogen-bond acceptors (Lipinski definition) is 3. The van der Waals surface area contributed by atoms with Gasteiger partial charge >= 0.3 is 0 Å². The lowest BCUT2D eigenvalue weighted by molar-refractivity contribution is 0.170. The first kappa shape index (κ1) is 12.3. The van der Waals surface area contributed by atoms with Crippen LogP contribution >= 0.6 is 0 Å². The maximum atomic E-state index is 5.38. The first-order valence-electron chi connectivity index (χ1n) is 6.70. The monoisotopic (exact) mass is 226 g/mol. The van der Waals surface area contributed by atoms with Crippen LogP contribution in [0.5, 0.6) is 0 Å². The molecular weight excluding hydrogens is 200 g/mol. The van der Waals surface area contributed by atoms with Crippen molar-refractivity contribution in [3.63, 3.8) is 0 Å². The fraction of sp³-hybridized carbons (Fsp3) is 1.00. The van der Waals surface area contributed by atoms with Crippen molar-refractivity contribution in [3.05, 3.63) is 0 Å². The van der Waals surface area contributed by atoms with Crippen molar-refractivity contribution in [2.75, 3.05) is 32.8 Å². The van der Waals surface area contributed by atoms with Gasteiger partial charge in [-0.25, -0.2) is 0 Å². The number of nitrogens with one attached hydrogen (secondary N) is 2. The Morgan fingerprint density at radius 3 is 2.94 bits per heavy atom. The van der Waals surface area contributed by atoms with E-state index in [1.165, 1.54) is 25.8 Å². The van der Waals surface area contributed by atoms with Gasteiger partial charge in [-0.15, -0.1) is 0 Å². The summed E-state index contributed by atoms with van der Waals surface area (Å²) < 4.78 is 5.38. The van der Waals surface area contributed by atoms with Gasteiger partial charge in [-0.2, -0.15) is 0 Å². The molecule has 0 spiro atoms. The fourth-order valence-electron chi connectivity index (χ4n) is 2.80. The minimum absolute atomic E-state index is 0.442. The molecule has 3 heteroatoms. The van der Waals surface area contributed by atoms with Crippen molar-refractivity contribution < 1.29 is 4.74 Å². The highest BCUT2D eigenvalue weighted by Crippen LogP contribution is 2.29. The molecule has 2 unspecified atom stereocenters. The minimum Gasteiger partial charge on any atom is -0.381 e. The van der Waals surface area contributed by atoms with Crippen LogP contribution in [0.2, 0.25) is 0 Å². The molecule has 0 aromatic carbocycles. The van der Waals surface area contributed by atoms with Gasteiger partial charge < -0.3 is 15.4 Å². The lowest BCUT2D eigenvalue weighted by atomic mass is 9.77. The lowest BCUT2D eigenvalue weighted by Crippen LogP contribution is -2.52. The van der Waals surface area contributed by atoms with Gasteiger partial charge in [-0.1, -0.05) is 13.8 Å². The average Bonchev–Trinajstić information content (AvgIpc) is 2.73. The van der Waals surface area contributed by atoms with E-state index in [1.54, 1.807) is 0 Å². The minimum atomic E-state index is 0.442. The Morgan fingerprint density at radius 2 is 2.25 bits per heavy atom. The lowest BCUT2D eigenvalue weighted by Gasteiger charge is -2.39. The highest BCUT2D eigenvalue weighted by molar-refractivity contribution is 4.89. The molecule has 3 nitrogen and oxygen atoms in total. The van der Waals surface area contributed by atoms with Crippen LogP contribution < -0.4 is 10.6 Å². The Bertz CT molecular complexity index is 212. The van der Waals surface area contributed by atoms with E-state index < -0.39 is 0 Å². The molecule has 16 heavy (non-hydrogen) atoms. The molecule has 0 amide bonds. The van der Waals surface area contributed by atoms with Crippen LogP contribution in [-0.4, -0.2) is 38.9 Å². The highest BCUT2D eigenvalue weighted by atomic mass is 16.5. The Kier molecular flexibility index (Phi) is 4.22. The number of ether oxygens (including phenoxy) is 1. The second-order valence-corrected chi connectivity index (χ2v) is 5.99. The van der Waals surface area contributed by atoms with Gasteiger partial charge in [-0.3, -0.25) is 0 Å². The Balaban J connectivity index is 1.67. The molecule has 2 aliphatic heterocycles. The largest absolute Gasteiger partial charge is 0.381 e. The van der Waals surface area contributed by atoms with E-state index in [-0.39, 0.29) is 0 Å². The smallest absolute Gasteiger partial charge is 0.0507 e. The molecule has 0 aliphatic carbocycles. The average molecular weight is 226 g/mol. The van der Waals surface area contributed by atoms with Crippen molar-refractivity contribution in [1.82, 2.24) is 10.6 Å². The van der Waals surface area contributed by atoms with E-state index in [9.17, 15) is 0 Å². The SMILES string of the molecule is CC1(C)CCCNC1CNCC1CCOC1. The fourth-order valence-corrected chi connectivity index (χ4v) is 2.80.